The number of aliphatic imine (C=N–C) groups is 1. The Balaban J connectivity index is 2.31. The van der Waals surface area contributed by atoms with Crippen molar-refractivity contribution in [1.82, 2.24) is 0 Å². The van der Waals surface area contributed by atoms with E-state index in [4.69, 9.17) is 0 Å². The molecule has 0 radical (unpaired) electrons. The Labute approximate surface area is 73.1 Å². The van der Waals surface area contributed by atoms with Crippen LogP contribution in [0.15, 0.2) is 35.3 Å². The predicted octanol–water partition coefficient (Wildman–Crippen LogP) is 2.52. The highest BCUT2D eigenvalue weighted by Gasteiger charge is 2.16. The van der Waals surface area contributed by atoms with Crippen molar-refractivity contribution in [3.05, 3.63) is 35.9 Å². The van der Waals surface area contributed by atoms with Gasteiger partial charge in [0.2, 0.25) is 0 Å². The number of benzene rings is 1. The first-order chi connectivity index (χ1) is 5.88. The summed E-state index contributed by atoms with van der Waals surface area (Å²) < 4.78 is 0. The van der Waals surface area contributed by atoms with Crippen LogP contribution < -0.4 is 0 Å². The average Bonchev–Trinajstić information content (AvgIpc) is 2.53. The third-order valence-corrected chi connectivity index (χ3v) is 2.38. The first kappa shape index (κ1) is 7.53. The second-order valence-corrected chi connectivity index (χ2v) is 3.32. The molecule has 1 aliphatic heterocycles. The molecule has 1 unspecified atom stereocenters. The van der Waals surface area contributed by atoms with Gasteiger partial charge in [0.05, 0.1) is 0 Å². The number of rotatable bonds is 1. The first-order valence-corrected chi connectivity index (χ1v) is 4.47. The molecule has 0 saturated heterocycles. The van der Waals surface area contributed by atoms with Crippen LogP contribution in [0.5, 0.6) is 0 Å². The van der Waals surface area contributed by atoms with Gasteiger partial charge in [0.25, 0.3) is 0 Å². The van der Waals surface area contributed by atoms with Crippen molar-refractivity contribution in [2.45, 2.75) is 13.3 Å². The molecular weight excluding hydrogens is 146 g/mol. The molecule has 0 fully saturated rings. The number of hydrogen-bond donors (Lipinski definition) is 0. The van der Waals surface area contributed by atoms with Crippen molar-refractivity contribution in [3.63, 3.8) is 0 Å². The molecule has 1 heterocycles. The lowest BCUT2D eigenvalue weighted by Crippen LogP contribution is -2.06. The lowest BCUT2D eigenvalue weighted by Gasteiger charge is -2.05. The molecule has 0 bridgehead atoms. The maximum Gasteiger partial charge on any atom is 0.0449 e. The summed E-state index contributed by atoms with van der Waals surface area (Å²) in [4.78, 5) is 4.50. The van der Waals surface area contributed by atoms with Gasteiger partial charge in [-0.2, -0.15) is 0 Å². The summed E-state index contributed by atoms with van der Waals surface area (Å²) in [5.74, 6) is 0.646. The molecule has 1 aliphatic rings. The van der Waals surface area contributed by atoms with Crippen molar-refractivity contribution in [2.75, 3.05) is 6.54 Å². The van der Waals surface area contributed by atoms with E-state index in [-0.39, 0.29) is 0 Å². The quantitative estimate of drug-likeness (QED) is 0.597. The van der Waals surface area contributed by atoms with Crippen LogP contribution in [0.4, 0.5) is 0 Å². The lowest BCUT2D eigenvalue weighted by molar-refractivity contribution is 0.750. The SMILES string of the molecule is CC1CCN=C1c1ccccc1. The van der Waals surface area contributed by atoms with E-state index >= 15 is 0 Å². The molecule has 1 aromatic rings. The number of nitrogens with zero attached hydrogens (tertiary/aromatic N) is 1. The molecule has 0 aromatic heterocycles. The van der Waals surface area contributed by atoms with Crippen molar-refractivity contribution >= 4 is 5.71 Å². The summed E-state index contributed by atoms with van der Waals surface area (Å²) >= 11 is 0. The van der Waals surface area contributed by atoms with Gasteiger partial charge in [0.15, 0.2) is 0 Å². The zero-order valence-electron chi connectivity index (χ0n) is 7.33. The van der Waals surface area contributed by atoms with Crippen LogP contribution in [0, 0.1) is 5.92 Å². The molecule has 1 aromatic carbocycles. The van der Waals surface area contributed by atoms with Gasteiger partial charge in [0.1, 0.15) is 0 Å². The van der Waals surface area contributed by atoms with Gasteiger partial charge in [0, 0.05) is 18.2 Å². The van der Waals surface area contributed by atoms with Gasteiger partial charge in [-0.3, -0.25) is 4.99 Å². The van der Waals surface area contributed by atoms with E-state index in [0.29, 0.717) is 5.92 Å². The summed E-state index contributed by atoms with van der Waals surface area (Å²) in [5, 5.41) is 0. The smallest absolute Gasteiger partial charge is 0.0449 e. The maximum absolute atomic E-state index is 4.50. The summed E-state index contributed by atoms with van der Waals surface area (Å²) in [5.41, 5.74) is 2.58. The molecule has 2 rings (SSSR count). The Morgan fingerprint density at radius 3 is 2.58 bits per heavy atom. The highest BCUT2D eigenvalue weighted by atomic mass is 14.8. The molecule has 0 spiro atoms. The van der Waals surface area contributed by atoms with Crippen molar-refractivity contribution in [3.8, 4) is 0 Å². The minimum atomic E-state index is 0.646. The van der Waals surface area contributed by atoms with E-state index in [0.717, 1.165) is 6.54 Å². The second kappa shape index (κ2) is 3.10. The van der Waals surface area contributed by atoms with E-state index in [1.807, 2.05) is 6.07 Å². The van der Waals surface area contributed by atoms with E-state index in [2.05, 4.69) is 36.2 Å². The number of hydrogen-bond acceptors (Lipinski definition) is 1. The van der Waals surface area contributed by atoms with Gasteiger partial charge < -0.3 is 0 Å². The molecule has 1 heteroatoms. The third kappa shape index (κ3) is 1.27. The fraction of sp³-hybridized carbons (Fsp3) is 0.364. The third-order valence-electron chi connectivity index (χ3n) is 2.38. The van der Waals surface area contributed by atoms with E-state index in [9.17, 15) is 0 Å². The fourth-order valence-corrected chi connectivity index (χ4v) is 1.66. The zero-order chi connectivity index (χ0) is 8.39. The molecule has 1 atom stereocenters. The Hall–Kier alpha value is -1.11. The highest BCUT2D eigenvalue weighted by molar-refractivity contribution is 6.02. The molecule has 0 aliphatic carbocycles. The van der Waals surface area contributed by atoms with E-state index in [1.54, 1.807) is 0 Å². The maximum atomic E-state index is 4.50. The largest absolute Gasteiger partial charge is 0.289 e. The molecule has 1 nitrogen and oxygen atoms in total. The van der Waals surface area contributed by atoms with Gasteiger partial charge in [-0.15, -0.1) is 0 Å². The topological polar surface area (TPSA) is 12.4 Å². The van der Waals surface area contributed by atoms with Crippen molar-refractivity contribution in [1.29, 1.82) is 0 Å². The van der Waals surface area contributed by atoms with Crippen LogP contribution in [0.3, 0.4) is 0 Å². The summed E-state index contributed by atoms with van der Waals surface area (Å²) in [6.45, 7) is 3.25. The average molecular weight is 159 g/mol. The molecule has 12 heavy (non-hydrogen) atoms. The monoisotopic (exact) mass is 159 g/mol. The molecule has 62 valence electrons. The lowest BCUT2D eigenvalue weighted by atomic mass is 9.98. The van der Waals surface area contributed by atoms with E-state index in [1.165, 1.54) is 17.7 Å². The van der Waals surface area contributed by atoms with Crippen LogP contribution >= 0.6 is 0 Å². The van der Waals surface area contributed by atoms with E-state index < -0.39 is 0 Å². The molecule has 0 saturated carbocycles. The van der Waals surface area contributed by atoms with Crippen LogP contribution in [-0.2, 0) is 0 Å². The van der Waals surface area contributed by atoms with Crippen LogP contribution in [0.25, 0.3) is 0 Å². The fourth-order valence-electron chi connectivity index (χ4n) is 1.66. The van der Waals surface area contributed by atoms with Gasteiger partial charge in [-0.1, -0.05) is 37.3 Å². The van der Waals surface area contributed by atoms with Gasteiger partial charge >= 0.3 is 0 Å². The minimum absolute atomic E-state index is 0.646. The summed E-state index contributed by atoms with van der Waals surface area (Å²) in [6.07, 6.45) is 1.21. The first-order valence-electron chi connectivity index (χ1n) is 4.47. The Morgan fingerprint density at radius 2 is 2.00 bits per heavy atom. The summed E-state index contributed by atoms with van der Waals surface area (Å²) in [7, 11) is 0. The molecule has 0 N–H and O–H groups in total. The van der Waals surface area contributed by atoms with Crippen LogP contribution in [0.2, 0.25) is 0 Å². The molecular formula is C11H13N. The zero-order valence-corrected chi connectivity index (χ0v) is 7.33. The highest BCUT2D eigenvalue weighted by Crippen LogP contribution is 2.18. The Morgan fingerprint density at radius 1 is 1.25 bits per heavy atom. The Bertz CT molecular complexity index is 287. The standard InChI is InChI=1S/C11H13N/c1-9-7-8-12-11(9)10-5-3-2-4-6-10/h2-6,9H,7-8H2,1H3. The van der Waals surface area contributed by atoms with Crippen molar-refractivity contribution < 1.29 is 0 Å². The summed E-state index contributed by atoms with van der Waals surface area (Å²) in [6, 6.07) is 10.5. The van der Waals surface area contributed by atoms with Gasteiger partial charge in [-0.05, 0) is 12.0 Å². The predicted molar refractivity (Wildman–Crippen MR) is 51.6 cm³/mol. The molecule has 0 amide bonds. The van der Waals surface area contributed by atoms with Crippen molar-refractivity contribution in [2.24, 2.45) is 10.9 Å². The minimum Gasteiger partial charge on any atom is -0.289 e. The van der Waals surface area contributed by atoms with Crippen LogP contribution in [0.1, 0.15) is 18.9 Å². The van der Waals surface area contributed by atoms with Crippen LogP contribution in [-0.4, -0.2) is 12.3 Å². The normalized spacial score (nSPS) is 22.4. The second-order valence-electron chi connectivity index (χ2n) is 3.32. The Kier molecular flexibility index (Phi) is 1.94. The van der Waals surface area contributed by atoms with Gasteiger partial charge in [-0.25, -0.2) is 0 Å².